The maximum atomic E-state index is 12.8. The second-order valence-electron chi connectivity index (χ2n) is 7.95. The Morgan fingerprint density at radius 2 is 1.86 bits per heavy atom. The van der Waals surface area contributed by atoms with E-state index in [0.29, 0.717) is 35.2 Å². The van der Waals surface area contributed by atoms with E-state index in [4.69, 9.17) is 23.2 Å². The van der Waals surface area contributed by atoms with Crippen molar-refractivity contribution in [1.29, 1.82) is 0 Å². The molecule has 1 atom stereocenters. The van der Waals surface area contributed by atoms with E-state index in [1.165, 1.54) is 32.4 Å². The molecule has 2 fully saturated rings. The molecule has 3 amide bonds. The minimum atomic E-state index is -0.223. The molecule has 2 saturated heterocycles. The predicted molar refractivity (Wildman–Crippen MR) is 118 cm³/mol. The molecule has 8 heteroatoms. The van der Waals surface area contributed by atoms with Crippen LogP contribution in [0.4, 0.5) is 10.5 Å². The third-order valence-corrected chi connectivity index (χ3v) is 6.46. The van der Waals surface area contributed by atoms with Gasteiger partial charge in [-0.15, -0.1) is 0 Å². The van der Waals surface area contributed by atoms with Gasteiger partial charge in [-0.25, -0.2) is 4.79 Å². The van der Waals surface area contributed by atoms with Gasteiger partial charge in [0.15, 0.2) is 0 Å². The summed E-state index contributed by atoms with van der Waals surface area (Å²) in [5, 5.41) is 3.70. The van der Waals surface area contributed by atoms with Gasteiger partial charge in [-0.3, -0.25) is 4.79 Å². The normalized spacial score (nSPS) is 21.2. The van der Waals surface area contributed by atoms with E-state index in [0.717, 1.165) is 19.5 Å². The van der Waals surface area contributed by atoms with Crippen LogP contribution in [0.25, 0.3) is 0 Å². The van der Waals surface area contributed by atoms with Crippen molar-refractivity contribution in [3.05, 3.63) is 28.2 Å². The first-order valence-corrected chi connectivity index (χ1v) is 11.2. The van der Waals surface area contributed by atoms with E-state index in [9.17, 15) is 9.59 Å². The van der Waals surface area contributed by atoms with Gasteiger partial charge in [0.05, 0.1) is 10.0 Å². The standard InChI is InChI=1S/C21H30Cl2N4O2/c1-16-15-26(12-5-11-25-9-3-2-4-10-25)20(28)8-13-27(16)21(29)24-17-6-7-18(22)19(23)14-17/h6-7,14,16H,2-5,8-13,15H2,1H3,(H,24,29)/t16-/m1/s1. The maximum absolute atomic E-state index is 12.8. The molecule has 1 aromatic rings. The number of carbonyl (C=O) groups excluding carboxylic acids is 2. The average Bonchev–Trinajstić information content (AvgIpc) is 2.84. The lowest BCUT2D eigenvalue weighted by Gasteiger charge is -2.30. The van der Waals surface area contributed by atoms with Crippen LogP contribution in [0.2, 0.25) is 10.0 Å². The van der Waals surface area contributed by atoms with Gasteiger partial charge in [-0.05, 0) is 64.0 Å². The first kappa shape index (κ1) is 22.2. The molecule has 0 radical (unpaired) electrons. The summed E-state index contributed by atoms with van der Waals surface area (Å²) >= 11 is 12.0. The second-order valence-corrected chi connectivity index (χ2v) is 8.76. The van der Waals surface area contributed by atoms with E-state index >= 15 is 0 Å². The van der Waals surface area contributed by atoms with Crippen molar-refractivity contribution in [3.8, 4) is 0 Å². The number of halogens is 2. The molecule has 160 valence electrons. The molecule has 1 N–H and O–H groups in total. The summed E-state index contributed by atoms with van der Waals surface area (Å²) in [6.07, 6.45) is 5.22. The lowest BCUT2D eigenvalue weighted by atomic mass is 10.1. The van der Waals surface area contributed by atoms with E-state index in [2.05, 4.69) is 10.2 Å². The van der Waals surface area contributed by atoms with Crippen LogP contribution < -0.4 is 5.32 Å². The number of amides is 3. The Hall–Kier alpha value is -1.50. The van der Waals surface area contributed by atoms with Crippen molar-refractivity contribution in [3.63, 3.8) is 0 Å². The van der Waals surface area contributed by atoms with Crippen molar-refractivity contribution in [1.82, 2.24) is 14.7 Å². The Kier molecular flexibility index (Phi) is 8.04. The molecule has 2 aliphatic rings. The van der Waals surface area contributed by atoms with Crippen LogP contribution in [-0.4, -0.2) is 71.9 Å². The molecule has 0 bridgehead atoms. The first-order valence-electron chi connectivity index (χ1n) is 10.5. The van der Waals surface area contributed by atoms with E-state index in [-0.39, 0.29) is 18.0 Å². The summed E-state index contributed by atoms with van der Waals surface area (Å²) in [7, 11) is 0. The van der Waals surface area contributed by atoms with Crippen LogP contribution in [0, 0.1) is 0 Å². The number of rotatable bonds is 5. The van der Waals surface area contributed by atoms with E-state index in [1.807, 2.05) is 11.8 Å². The van der Waals surface area contributed by atoms with Gasteiger partial charge in [0, 0.05) is 37.8 Å². The molecule has 0 aromatic heterocycles. The van der Waals surface area contributed by atoms with Crippen LogP contribution in [0.5, 0.6) is 0 Å². The van der Waals surface area contributed by atoms with E-state index in [1.54, 1.807) is 23.1 Å². The Balaban J connectivity index is 1.52. The summed E-state index contributed by atoms with van der Waals surface area (Å²) in [6.45, 7) is 7.11. The fraction of sp³-hybridized carbons (Fsp3) is 0.619. The lowest BCUT2D eigenvalue weighted by Crippen LogP contribution is -2.45. The zero-order valence-electron chi connectivity index (χ0n) is 17.0. The van der Waals surface area contributed by atoms with Crippen molar-refractivity contribution in [2.45, 2.75) is 45.1 Å². The molecule has 2 aliphatic heterocycles. The van der Waals surface area contributed by atoms with Gasteiger partial charge in [-0.2, -0.15) is 0 Å². The Morgan fingerprint density at radius 3 is 2.59 bits per heavy atom. The number of carbonyl (C=O) groups is 2. The molecule has 3 rings (SSSR count). The van der Waals surface area contributed by atoms with Crippen molar-refractivity contribution >= 4 is 40.8 Å². The molecular formula is C21H30Cl2N4O2. The number of hydrogen-bond acceptors (Lipinski definition) is 3. The Labute approximate surface area is 183 Å². The molecule has 2 heterocycles. The van der Waals surface area contributed by atoms with Gasteiger partial charge in [0.2, 0.25) is 5.91 Å². The molecule has 0 saturated carbocycles. The Morgan fingerprint density at radius 1 is 1.10 bits per heavy atom. The number of benzene rings is 1. The smallest absolute Gasteiger partial charge is 0.322 e. The van der Waals surface area contributed by atoms with Crippen LogP contribution in [-0.2, 0) is 4.79 Å². The zero-order valence-corrected chi connectivity index (χ0v) is 18.5. The highest BCUT2D eigenvalue weighted by atomic mass is 35.5. The van der Waals surface area contributed by atoms with Crippen LogP contribution >= 0.6 is 23.2 Å². The first-order chi connectivity index (χ1) is 13.9. The summed E-state index contributed by atoms with van der Waals surface area (Å²) in [6, 6.07) is 4.71. The van der Waals surface area contributed by atoms with Crippen molar-refractivity contribution in [2.75, 3.05) is 44.6 Å². The number of anilines is 1. The number of urea groups is 1. The fourth-order valence-electron chi connectivity index (χ4n) is 4.07. The monoisotopic (exact) mass is 440 g/mol. The van der Waals surface area contributed by atoms with Crippen LogP contribution in [0.3, 0.4) is 0 Å². The van der Waals surface area contributed by atoms with Gasteiger partial charge < -0.3 is 20.0 Å². The topological polar surface area (TPSA) is 55.9 Å². The minimum Gasteiger partial charge on any atom is -0.341 e. The second kappa shape index (κ2) is 10.5. The maximum Gasteiger partial charge on any atom is 0.322 e. The number of nitrogens with zero attached hydrogens (tertiary/aromatic N) is 3. The predicted octanol–water partition coefficient (Wildman–Crippen LogP) is 4.32. The highest BCUT2D eigenvalue weighted by molar-refractivity contribution is 6.42. The molecule has 1 aromatic carbocycles. The molecule has 0 spiro atoms. The highest BCUT2D eigenvalue weighted by Crippen LogP contribution is 2.25. The molecule has 6 nitrogen and oxygen atoms in total. The lowest BCUT2D eigenvalue weighted by molar-refractivity contribution is -0.130. The van der Waals surface area contributed by atoms with Gasteiger partial charge in [0.25, 0.3) is 0 Å². The third-order valence-electron chi connectivity index (χ3n) is 5.72. The summed E-state index contributed by atoms with van der Waals surface area (Å²) in [5.41, 5.74) is 0.588. The molecule has 0 aliphatic carbocycles. The minimum absolute atomic E-state index is 0.0563. The summed E-state index contributed by atoms with van der Waals surface area (Å²) in [5.74, 6) is 0.125. The SMILES string of the molecule is C[C@@H]1CN(CCCN2CCCCC2)C(=O)CCN1C(=O)Nc1ccc(Cl)c(Cl)c1. The largest absolute Gasteiger partial charge is 0.341 e. The number of nitrogens with one attached hydrogen (secondary N) is 1. The van der Waals surface area contributed by atoms with Crippen molar-refractivity contribution < 1.29 is 9.59 Å². The van der Waals surface area contributed by atoms with Gasteiger partial charge >= 0.3 is 6.03 Å². The van der Waals surface area contributed by atoms with E-state index < -0.39 is 0 Å². The molecule has 29 heavy (non-hydrogen) atoms. The quantitative estimate of drug-likeness (QED) is 0.741. The summed E-state index contributed by atoms with van der Waals surface area (Å²) in [4.78, 5) is 31.5. The third kappa shape index (κ3) is 6.24. The average molecular weight is 441 g/mol. The van der Waals surface area contributed by atoms with Gasteiger partial charge in [-0.1, -0.05) is 29.6 Å². The molecule has 0 unspecified atom stereocenters. The number of hydrogen-bond donors (Lipinski definition) is 1. The molecular weight excluding hydrogens is 411 g/mol. The number of likely N-dealkylation sites (tertiary alicyclic amines) is 1. The highest BCUT2D eigenvalue weighted by Gasteiger charge is 2.29. The van der Waals surface area contributed by atoms with Gasteiger partial charge in [0.1, 0.15) is 0 Å². The zero-order chi connectivity index (χ0) is 20.8. The Bertz CT molecular complexity index is 725. The fourth-order valence-corrected chi connectivity index (χ4v) is 4.37. The number of piperidine rings is 1. The van der Waals surface area contributed by atoms with Crippen LogP contribution in [0.1, 0.15) is 39.0 Å². The van der Waals surface area contributed by atoms with Crippen molar-refractivity contribution in [2.24, 2.45) is 0 Å². The summed E-state index contributed by atoms with van der Waals surface area (Å²) < 4.78 is 0. The van der Waals surface area contributed by atoms with Crippen LogP contribution in [0.15, 0.2) is 18.2 Å².